The van der Waals surface area contributed by atoms with E-state index in [0.29, 0.717) is 12.0 Å². The van der Waals surface area contributed by atoms with Gasteiger partial charge < -0.3 is 4.74 Å². The van der Waals surface area contributed by atoms with Crippen LogP contribution in [0.4, 0.5) is 0 Å². The van der Waals surface area contributed by atoms with E-state index in [2.05, 4.69) is 22.0 Å². The van der Waals surface area contributed by atoms with Crippen molar-refractivity contribution in [3.8, 4) is 0 Å². The van der Waals surface area contributed by atoms with Crippen LogP contribution in [-0.2, 0) is 16.0 Å². The molecule has 0 spiro atoms. The minimum atomic E-state index is -0.0564. The lowest BCUT2D eigenvalue weighted by atomic mass is 9.84. The number of carbonyl (C=O) groups is 1. The van der Waals surface area contributed by atoms with Crippen LogP contribution in [0.1, 0.15) is 37.7 Å². The average Bonchev–Trinajstić information content (AvgIpc) is 2.92. The molecular formula is C17H24N2O2. The highest BCUT2D eigenvalue weighted by molar-refractivity contribution is 5.76. The molecule has 1 saturated carbocycles. The van der Waals surface area contributed by atoms with Crippen molar-refractivity contribution in [1.29, 1.82) is 0 Å². The van der Waals surface area contributed by atoms with E-state index in [1.54, 1.807) is 0 Å². The number of fused-ring (bicyclic) bond motifs is 1. The van der Waals surface area contributed by atoms with Gasteiger partial charge in [0.05, 0.1) is 7.11 Å². The highest BCUT2D eigenvalue weighted by atomic mass is 16.5. The molecule has 0 aromatic carbocycles. The molecule has 1 aromatic heterocycles. The molecule has 0 bridgehead atoms. The number of methoxy groups -OCH3 is 1. The SMILES string of the molecule is COC(=O)[C@@H]1C[C@@H]2CCCC[C@@H]2N1CCc1ccncc1. The van der Waals surface area contributed by atoms with Gasteiger partial charge in [-0.25, -0.2) is 0 Å². The first-order valence-corrected chi connectivity index (χ1v) is 8.02. The van der Waals surface area contributed by atoms with Crippen LogP contribution >= 0.6 is 0 Å². The van der Waals surface area contributed by atoms with Crippen LogP contribution in [0.25, 0.3) is 0 Å². The Morgan fingerprint density at radius 3 is 2.86 bits per heavy atom. The summed E-state index contributed by atoms with van der Waals surface area (Å²) in [4.78, 5) is 18.6. The Labute approximate surface area is 126 Å². The Hall–Kier alpha value is -1.42. The molecule has 3 atom stereocenters. The number of carbonyl (C=O) groups excluding carboxylic acids is 1. The van der Waals surface area contributed by atoms with E-state index in [0.717, 1.165) is 19.4 Å². The topological polar surface area (TPSA) is 42.4 Å². The molecule has 2 aliphatic rings. The summed E-state index contributed by atoms with van der Waals surface area (Å²) in [5.41, 5.74) is 1.29. The van der Waals surface area contributed by atoms with Gasteiger partial charge in [0.25, 0.3) is 0 Å². The summed E-state index contributed by atoms with van der Waals surface area (Å²) in [5.74, 6) is 0.624. The maximum absolute atomic E-state index is 12.1. The zero-order chi connectivity index (χ0) is 14.7. The minimum Gasteiger partial charge on any atom is -0.468 e. The molecule has 0 amide bonds. The van der Waals surface area contributed by atoms with E-state index in [1.165, 1.54) is 38.4 Å². The fourth-order valence-corrected chi connectivity index (χ4v) is 4.05. The second-order valence-corrected chi connectivity index (χ2v) is 6.23. The minimum absolute atomic E-state index is 0.0371. The Balaban J connectivity index is 1.70. The third-order valence-corrected chi connectivity index (χ3v) is 5.10. The first-order valence-electron chi connectivity index (χ1n) is 8.02. The first kappa shape index (κ1) is 14.5. The zero-order valence-corrected chi connectivity index (χ0v) is 12.7. The van der Waals surface area contributed by atoms with Gasteiger partial charge in [0.15, 0.2) is 0 Å². The van der Waals surface area contributed by atoms with Gasteiger partial charge in [-0.05, 0) is 49.3 Å². The summed E-state index contributed by atoms with van der Waals surface area (Å²) < 4.78 is 5.03. The number of aromatic nitrogens is 1. The van der Waals surface area contributed by atoms with E-state index in [4.69, 9.17) is 4.74 Å². The average molecular weight is 288 g/mol. The van der Waals surface area contributed by atoms with Gasteiger partial charge in [0.1, 0.15) is 6.04 Å². The molecule has 4 nitrogen and oxygen atoms in total. The highest BCUT2D eigenvalue weighted by Crippen LogP contribution is 2.40. The van der Waals surface area contributed by atoms with E-state index < -0.39 is 0 Å². The van der Waals surface area contributed by atoms with Gasteiger partial charge in [-0.3, -0.25) is 14.7 Å². The summed E-state index contributed by atoms with van der Waals surface area (Å²) in [6.07, 6.45) is 10.7. The fraction of sp³-hybridized carbons (Fsp3) is 0.647. The van der Waals surface area contributed by atoms with Gasteiger partial charge in [-0.2, -0.15) is 0 Å². The molecule has 4 heteroatoms. The number of ether oxygens (including phenoxy) is 1. The van der Waals surface area contributed by atoms with Gasteiger partial charge in [0, 0.05) is 25.0 Å². The van der Waals surface area contributed by atoms with E-state index in [-0.39, 0.29) is 12.0 Å². The van der Waals surface area contributed by atoms with Gasteiger partial charge in [-0.1, -0.05) is 12.8 Å². The maximum Gasteiger partial charge on any atom is 0.323 e. The molecule has 0 N–H and O–H groups in total. The summed E-state index contributed by atoms with van der Waals surface area (Å²) >= 11 is 0. The zero-order valence-electron chi connectivity index (χ0n) is 12.7. The normalized spacial score (nSPS) is 29.1. The van der Waals surface area contributed by atoms with Crippen LogP contribution < -0.4 is 0 Å². The molecular weight excluding hydrogens is 264 g/mol. The van der Waals surface area contributed by atoms with Crippen LogP contribution in [0.2, 0.25) is 0 Å². The molecule has 1 aromatic rings. The first-order chi connectivity index (χ1) is 10.3. The van der Waals surface area contributed by atoms with E-state index >= 15 is 0 Å². The van der Waals surface area contributed by atoms with Gasteiger partial charge in [-0.15, -0.1) is 0 Å². The Morgan fingerprint density at radius 1 is 1.33 bits per heavy atom. The van der Waals surface area contributed by atoms with Crippen molar-refractivity contribution in [3.63, 3.8) is 0 Å². The van der Waals surface area contributed by atoms with Crippen molar-refractivity contribution < 1.29 is 9.53 Å². The quantitative estimate of drug-likeness (QED) is 0.798. The van der Waals surface area contributed by atoms with Gasteiger partial charge in [0.2, 0.25) is 0 Å². The number of nitrogens with zero attached hydrogens (tertiary/aromatic N) is 2. The van der Waals surface area contributed by atoms with Crippen LogP contribution in [0, 0.1) is 5.92 Å². The standard InChI is InChI=1S/C17H24N2O2/c1-21-17(20)16-12-14-4-2-3-5-15(14)19(16)11-8-13-6-9-18-10-7-13/h6-7,9-10,14-16H,2-5,8,11-12H2,1H3/t14-,15-,16-/m0/s1. The Kier molecular flexibility index (Phi) is 4.54. The third-order valence-electron chi connectivity index (χ3n) is 5.10. The molecule has 21 heavy (non-hydrogen) atoms. The molecule has 1 saturated heterocycles. The van der Waals surface area contributed by atoms with Crippen LogP contribution in [0.15, 0.2) is 24.5 Å². The van der Waals surface area contributed by atoms with Crippen molar-refractivity contribution in [1.82, 2.24) is 9.88 Å². The number of pyridine rings is 1. The second-order valence-electron chi connectivity index (χ2n) is 6.23. The largest absolute Gasteiger partial charge is 0.468 e. The summed E-state index contributed by atoms with van der Waals surface area (Å²) in [6, 6.07) is 4.65. The van der Waals surface area contributed by atoms with Crippen molar-refractivity contribution in [2.24, 2.45) is 5.92 Å². The molecule has 2 heterocycles. The predicted octanol–water partition coefficient (Wildman–Crippen LogP) is 2.43. The lowest BCUT2D eigenvalue weighted by Crippen LogP contribution is -2.43. The van der Waals surface area contributed by atoms with Crippen molar-refractivity contribution in [2.45, 2.75) is 50.6 Å². The Morgan fingerprint density at radius 2 is 2.10 bits per heavy atom. The molecule has 0 unspecified atom stereocenters. The number of hydrogen-bond donors (Lipinski definition) is 0. The lowest BCUT2D eigenvalue weighted by molar-refractivity contribution is -0.146. The third kappa shape index (κ3) is 3.10. The number of rotatable bonds is 4. The number of esters is 1. The van der Waals surface area contributed by atoms with Crippen molar-refractivity contribution in [2.75, 3.05) is 13.7 Å². The van der Waals surface area contributed by atoms with Crippen LogP contribution in [-0.4, -0.2) is 41.6 Å². The fourth-order valence-electron chi connectivity index (χ4n) is 4.05. The molecule has 2 fully saturated rings. The van der Waals surface area contributed by atoms with Crippen molar-refractivity contribution in [3.05, 3.63) is 30.1 Å². The molecule has 1 aliphatic carbocycles. The van der Waals surface area contributed by atoms with Crippen molar-refractivity contribution >= 4 is 5.97 Å². The molecule has 3 rings (SSSR count). The van der Waals surface area contributed by atoms with E-state index in [9.17, 15) is 4.79 Å². The smallest absolute Gasteiger partial charge is 0.323 e. The monoisotopic (exact) mass is 288 g/mol. The summed E-state index contributed by atoms with van der Waals surface area (Å²) in [6.45, 7) is 0.935. The molecule has 0 radical (unpaired) electrons. The summed E-state index contributed by atoms with van der Waals surface area (Å²) in [7, 11) is 1.51. The lowest BCUT2D eigenvalue weighted by Gasteiger charge is -2.33. The van der Waals surface area contributed by atoms with Crippen LogP contribution in [0.3, 0.4) is 0 Å². The highest BCUT2D eigenvalue weighted by Gasteiger charge is 2.45. The predicted molar refractivity (Wildman–Crippen MR) is 80.8 cm³/mol. The molecule has 1 aliphatic heterocycles. The maximum atomic E-state index is 12.1. The number of hydrogen-bond acceptors (Lipinski definition) is 4. The van der Waals surface area contributed by atoms with E-state index in [1.807, 2.05) is 12.4 Å². The molecule has 114 valence electrons. The van der Waals surface area contributed by atoms with Gasteiger partial charge >= 0.3 is 5.97 Å². The Bertz CT molecular complexity index is 477. The summed E-state index contributed by atoms with van der Waals surface area (Å²) in [5, 5.41) is 0. The number of likely N-dealkylation sites (tertiary alicyclic amines) is 1. The second kappa shape index (κ2) is 6.56. The van der Waals surface area contributed by atoms with Crippen LogP contribution in [0.5, 0.6) is 0 Å².